The van der Waals surface area contributed by atoms with Crippen LogP contribution in [0.4, 0.5) is 5.69 Å². The van der Waals surface area contributed by atoms with Crippen LogP contribution in [0.2, 0.25) is 15.1 Å². The summed E-state index contributed by atoms with van der Waals surface area (Å²) in [5, 5.41) is 3.07. The van der Waals surface area contributed by atoms with Crippen molar-refractivity contribution in [2.45, 2.75) is 31.9 Å². The highest BCUT2D eigenvalue weighted by Crippen LogP contribution is 2.48. The molecule has 0 bridgehead atoms. The number of carbonyl (C=O) groups is 2. The van der Waals surface area contributed by atoms with Crippen LogP contribution >= 0.6 is 34.8 Å². The van der Waals surface area contributed by atoms with Crippen molar-refractivity contribution < 1.29 is 14.4 Å². The third-order valence-electron chi connectivity index (χ3n) is 5.30. The fraction of sp³-hybridized carbons (Fsp3) is 0.333. The number of amides is 2. The number of benzene rings is 2. The molecule has 2 fully saturated rings. The second-order valence-electron chi connectivity index (χ2n) is 7.15. The van der Waals surface area contributed by atoms with Crippen LogP contribution in [-0.4, -0.2) is 29.4 Å². The zero-order valence-corrected chi connectivity index (χ0v) is 17.9. The molecule has 0 spiro atoms. The minimum Gasteiger partial charge on any atom is -0.280 e. The fourth-order valence-corrected chi connectivity index (χ4v) is 4.52. The first-order valence-corrected chi connectivity index (χ1v) is 10.6. The second kappa shape index (κ2) is 8.15. The van der Waals surface area contributed by atoms with Crippen molar-refractivity contribution in [3.8, 4) is 0 Å². The maximum atomic E-state index is 13.2. The molecule has 2 amide bonds. The summed E-state index contributed by atoms with van der Waals surface area (Å²) in [6.07, 6.45) is 0.757. The lowest BCUT2D eigenvalue weighted by Crippen LogP contribution is -2.37. The quantitative estimate of drug-likeness (QED) is 0.577. The molecule has 3 atom stereocenters. The average Bonchev–Trinajstić information content (AvgIpc) is 3.18. The van der Waals surface area contributed by atoms with Crippen molar-refractivity contribution in [1.82, 2.24) is 4.90 Å². The molecule has 4 rings (SSSR count). The first kappa shape index (κ1) is 20.5. The fourth-order valence-electron chi connectivity index (χ4n) is 3.88. The molecule has 0 unspecified atom stereocenters. The van der Waals surface area contributed by atoms with E-state index < -0.39 is 18.1 Å². The third kappa shape index (κ3) is 3.61. The van der Waals surface area contributed by atoms with E-state index in [9.17, 15) is 9.59 Å². The number of anilines is 1. The van der Waals surface area contributed by atoms with Crippen molar-refractivity contribution in [2.24, 2.45) is 5.92 Å². The van der Waals surface area contributed by atoms with E-state index in [2.05, 4.69) is 0 Å². The summed E-state index contributed by atoms with van der Waals surface area (Å²) in [4.78, 5) is 33.5. The van der Waals surface area contributed by atoms with Crippen LogP contribution in [0.5, 0.6) is 0 Å². The van der Waals surface area contributed by atoms with Crippen LogP contribution in [0, 0.1) is 5.92 Å². The highest BCUT2D eigenvalue weighted by Gasteiger charge is 2.59. The number of hydrogen-bond acceptors (Lipinski definition) is 4. The number of nitrogens with zero attached hydrogens (tertiary/aromatic N) is 2. The summed E-state index contributed by atoms with van der Waals surface area (Å²) in [6.45, 7) is 2.41. The van der Waals surface area contributed by atoms with Crippen LogP contribution in [0.15, 0.2) is 42.5 Å². The highest BCUT2D eigenvalue weighted by molar-refractivity contribution is 6.35. The number of fused-ring (bicyclic) bond motifs is 1. The molecule has 2 aliphatic rings. The SMILES string of the molecule is CCCCN1C(=O)[C@H]2[C@H](ON(c3ccc(Cl)cc3)[C@@H]2c2ccc(Cl)cc2Cl)C1=O. The largest absolute Gasteiger partial charge is 0.280 e. The van der Waals surface area contributed by atoms with E-state index in [1.165, 1.54) is 4.90 Å². The number of halogens is 3. The van der Waals surface area contributed by atoms with Gasteiger partial charge in [-0.05, 0) is 48.4 Å². The van der Waals surface area contributed by atoms with Gasteiger partial charge in [0.2, 0.25) is 5.91 Å². The Morgan fingerprint density at radius 1 is 0.966 bits per heavy atom. The van der Waals surface area contributed by atoms with Gasteiger partial charge in [0.25, 0.3) is 5.91 Å². The van der Waals surface area contributed by atoms with Crippen molar-refractivity contribution in [3.05, 3.63) is 63.1 Å². The van der Waals surface area contributed by atoms with E-state index in [0.29, 0.717) is 32.9 Å². The van der Waals surface area contributed by atoms with Crippen molar-refractivity contribution in [2.75, 3.05) is 11.6 Å². The summed E-state index contributed by atoms with van der Waals surface area (Å²) in [5.41, 5.74) is 1.36. The van der Waals surface area contributed by atoms with Gasteiger partial charge >= 0.3 is 0 Å². The molecular weight excluding hydrogens is 435 g/mol. The molecule has 0 N–H and O–H groups in total. The molecule has 2 aromatic rings. The molecule has 0 aliphatic carbocycles. The minimum absolute atomic E-state index is 0.235. The molecule has 0 saturated carbocycles. The van der Waals surface area contributed by atoms with Gasteiger partial charge in [0, 0.05) is 21.6 Å². The van der Waals surface area contributed by atoms with E-state index >= 15 is 0 Å². The number of carbonyl (C=O) groups excluding carboxylic acids is 2. The van der Waals surface area contributed by atoms with E-state index in [1.807, 2.05) is 6.92 Å². The number of unbranched alkanes of at least 4 members (excludes halogenated alkanes) is 1. The Kier molecular flexibility index (Phi) is 5.76. The van der Waals surface area contributed by atoms with Gasteiger partial charge in [-0.1, -0.05) is 54.2 Å². The topological polar surface area (TPSA) is 49.9 Å². The smallest absolute Gasteiger partial charge is 0.261 e. The summed E-state index contributed by atoms with van der Waals surface area (Å²) in [5.74, 6) is -1.23. The molecule has 2 heterocycles. The van der Waals surface area contributed by atoms with Gasteiger partial charge < -0.3 is 0 Å². The minimum atomic E-state index is -0.883. The van der Waals surface area contributed by atoms with Gasteiger partial charge in [0.1, 0.15) is 5.92 Å². The maximum absolute atomic E-state index is 13.2. The van der Waals surface area contributed by atoms with Gasteiger partial charge in [-0.3, -0.25) is 19.3 Å². The Morgan fingerprint density at radius 2 is 1.66 bits per heavy atom. The predicted octanol–water partition coefficient (Wildman–Crippen LogP) is 5.29. The number of imide groups is 1. The van der Waals surface area contributed by atoms with E-state index in [4.69, 9.17) is 39.6 Å². The standard InChI is InChI=1S/C21H19Cl3N2O3/c1-2-3-10-25-20(27)17-18(15-9-6-13(23)11-16(15)24)26(29-19(17)21(25)28)14-7-4-12(22)5-8-14/h4-9,11,17-19H,2-3,10H2,1H3/t17-,18-,19+/m1/s1. The van der Waals surface area contributed by atoms with Gasteiger partial charge in [0.05, 0.1) is 11.7 Å². The molecule has 2 saturated heterocycles. The number of hydrogen-bond donors (Lipinski definition) is 0. The molecule has 2 aromatic carbocycles. The first-order chi connectivity index (χ1) is 13.9. The first-order valence-electron chi connectivity index (χ1n) is 9.44. The lowest BCUT2D eigenvalue weighted by Gasteiger charge is -2.29. The Hall–Kier alpha value is -1.79. The van der Waals surface area contributed by atoms with E-state index in [0.717, 1.165) is 12.8 Å². The third-order valence-corrected chi connectivity index (χ3v) is 6.12. The normalized spacial score (nSPS) is 23.8. The molecule has 2 aliphatic heterocycles. The summed E-state index contributed by atoms with van der Waals surface area (Å²) >= 11 is 18.6. The second-order valence-corrected chi connectivity index (χ2v) is 8.43. The van der Waals surface area contributed by atoms with Crippen LogP contribution in [0.1, 0.15) is 31.4 Å². The molecule has 0 aromatic heterocycles. The Balaban J connectivity index is 1.77. The van der Waals surface area contributed by atoms with Crippen molar-refractivity contribution >= 4 is 52.3 Å². The lowest BCUT2D eigenvalue weighted by atomic mass is 9.90. The zero-order valence-electron chi connectivity index (χ0n) is 15.6. The van der Waals surface area contributed by atoms with Gasteiger partial charge in [-0.15, -0.1) is 0 Å². The van der Waals surface area contributed by atoms with Gasteiger partial charge in [0.15, 0.2) is 6.10 Å². The van der Waals surface area contributed by atoms with Crippen molar-refractivity contribution in [3.63, 3.8) is 0 Å². The number of hydroxylamine groups is 1. The molecule has 29 heavy (non-hydrogen) atoms. The Morgan fingerprint density at radius 3 is 2.31 bits per heavy atom. The number of rotatable bonds is 5. The predicted molar refractivity (Wildman–Crippen MR) is 113 cm³/mol. The summed E-state index contributed by atoms with van der Waals surface area (Å²) in [6, 6.07) is 11.6. The monoisotopic (exact) mass is 452 g/mol. The maximum Gasteiger partial charge on any atom is 0.261 e. The van der Waals surface area contributed by atoms with Crippen LogP contribution in [0.25, 0.3) is 0 Å². The van der Waals surface area contributed by atoms with Crippen LogP contribution in [-0.2, 0) is 14.4 Å². The molecule has 5 nitrogen and oxygen atoms in total. The Bertz CT molecular complexity index is 951. The van der Waals surface area contributed by atoms with Gasteiger partial charge in [-0.2, -0.15) is 0 Å². The van der Waals surface area contributed by atoms with Crippen molar-refractivity contribution in [1.29, 1.82) is 0 Å². The lowest BCUT2D eigenvalue weighted by molar-refractivity contribution is -0.143. The molecule has 0 radical (unpaired) electrons. The molecular formula is C21H19Cl3N2O3. The molecule has 152 valence electrons. The highest BCUT2D eigenvalue weighted by atomic mass is 35.5. The van der Waals surface area contributed by atoms with Gasteiger partial charge in [-0.25, -0.2) is 5.06 Å². The average molecular weight is 454 g/mol. The number of likely N-dealkylation sites (tertiary alicyclic amines) is 1. The molecule has 8 heteroatoms. The van der Waals surface area contributed by atoms with E-state index in [1.54, 1.807) is 47.5 Å². The zero-order chi connectivity index (χ0) is 20.7. The summed E-state index contributed by atoms with van der Waals surface area (Å²) in [7, 11) is 0. The Labute approximate surface area is 184 Å². The van der Waals surface area contributed by atoms with Crippen LogP contribution in [0.3, 0.4) is 0 Å². The van der Waals surface area contributed by atoms with Crippen LogP contribution < -0.4 is 5.06 Å². The summed E-state index contributed by atoms with van der Waals surface area (Å²) < 4.78 is 0. The van der Waals surface area contributed by atoms with E-state index in [-0.39, 0.29) is 11.8 Å².